The number of anilines is 2. The van der Waals surface area contributed by atoms with Gasteiger partial charge in [0.25, 0.3) is 0 Å². The lowest BCUT2D eigenvalue weighted by atomic mass is 10.1. The van der Waals surface area contributed by atoms with E-state index in [-0.39, 0.29) is 18.4 Å². The van der Waals surface area contributed by atoms with E-state index in [0.717, 1.165) is 35.8 Å². The summed E-state index contributed by atoms with van der Waals surface area (Å²) < 4.78 is 11.7. The lowest BCUT2D eigenvalue weighted by Crippen LogP contribution is -2.57. The topological polar surface area (TPSA) is 83.3 Å². The van der Waals surface area contributed by atoms with Crippen molar-refractivity contribution >= 4 is 11.4 Å². The molecule has 4 N–H and O–H groups in total. The average molecular weight is 369 g/mol. The third-order valence-electron chi connectivity index (χ3n) is 4.80. The number of epoxide rings is 1. The van der Waals surface area contributed by atoms with Crippen LogP contribution >= 0.6 is 0 Å². The Balaban J connectivity index is 1.25. The highest BCUT2D eigenvalue weighted by Gasteiger charge is 2.40. The molecule has 27 heavy (non-hydrogen) atoms. The van der Waals surface area contributed by atoms with Crippen molar-refractivity contribution in [3.8, 4) is 5.75 Å². The fourth-order valence-corrected chi connectivity index (χ4v) is 3.46. The highest BCUT2D eigenvalue weighted by atomic mass is 16.6. The molecular formula is C21H27N3O3. The molecule has 2 unspecified atom stereocenters. The van der Waals surface area contributed by atoms with Gasteiger partial charge < -0.3 is 25.6 Å². The third-order valence-corrected chi connectivity index (χ3v) is 4.80. The van der Waals surface area contributed by atoms with Crippen molar-refractivity contribution in [3.05, 3.63) is 54.1 Å². The van der Waals surface area contributed by atoms with Crippen LogP contribution in [0.15, 0.2) is 48.5 Å². The second kappa shape index (κ2) is 7.03. The number of rotatable bonds is 7. The molecule has 2 saturated heterocycles. The van der Waals surface area contributed by atoms with E-state index in [1.807, 2.05) is 62.4 Å². The van der Waals surface area contributed by atoms with Crippen molar-refractivity contribution in [2.75, 3.05) is 30.7 Å². The highest BCUT2D eigenvalue weighted by molar-refractivity contribution is 5.66. The molecule has 6 nitrogen and oxygen atoms in total. The predicted molar refractivity (Wildman–Crippen MR) is 106 cm³/mol. The van der Waals surface area contributed by atoms with Gasteiger partial charge in [-0.05, 0) is 43.7 Å². The molecule has 0 aromatic heterocycles. The maximum absolute atomic E-state index is 9.84. The molecule has 6 heteroatoms. The van der Waals surface area contributed by atoms with Crippen molar-refractivity contribution in [3.63, 3.8) is 0 Å². The van der Waals surface area contributed by atoms with Crippen LogP contribution in [0, 0.1) is 0 Å². The Morgan fingerprint density at radius 3 is 2.56 bits per heavy atom. The molecule has 144 valence electrons. The van der Waals surface area contributed by atoms with Crippen molar-refractivity contribution in [1.82, 2.24) is 4.90 Å². The minimum absolute atomic E-state index is 0.0321. The number of para-hydroxylation sites is 2. The Bertz CT molecular complexity index is 782. The summed E-state index contributed by atoms with van der Waals surface area (Å²) in [5, 5.41) is 13.2. The van der Waals surface area contributed by atoms with Crippen LogP contribution in [0.2, 0.25) is 0 Å². The minimum atomic E-state index is -0.661. The number of hydrogen-bond donors (Lipinski definition) is 3. The van der Waals surface area contributed by atoms with Crippen molar-refractivity contribution in [1.29, 1.82) is 0 Å². The van der Waals surface area contributed by atoms with Gasteiger partial charge in [-0.3, -0.25) is 4.90 Å². The van der Waals surface area contributed by atoms with E-state index in [9.17, 15) is 5.11 Å². The summed E-state index contributed by atoms with van der Waals surface area (Å²) in [5.74, 6) is 0.865. The summed E-state index contributed by atoms with van der Waals surface area (Å²) in [6.07, 6.45) is 0.166. The van der Waals surface area contributed by atoms with Gasteiger partial charge in [-0.1, -0.05) is 24.3 Å². The van der Waals surface area contributed by atoms with Crippen LogP contribution in [0.3, 0.4) is 0 Å². The van der Waals surface area contributed by atoms with Gasteiger partial charge in [0.05, 0.1) is 17.0 Å². The number of nitrogen functional groups attached to an aromatic ring is 1. The van der Waals surface area contributed by atoms with Gasteiger partial charge in [-0.2, -0.15) is 0 Å². The molecule has 2 atom stereocenters. The van der Waals surface area contributed by atoms with Crippen LogP contribution in [0.1, 0.15) is 25.5 Å². The van der Waals surface area contributed by atoms with Gasteiger partial charge in [0.1, 0.15) is 18.0 Å². The van der Waals surface area contributed by atoms with Gasteiger partial charge in [0.2, 0.25) is 0 Å². The summed E-state index contributed by atoms with van der Waals surface area (Å²) in [4.78, 5) is 2.20. The molecule has 0 amide bonds. The van der Waals surface area contributed by atoms with E-state index >= 15 is 0 Å². The van der Waals surface area contributed by atoms with Crippen molar-refractivity contribution in [2.24, 2.45) is 0 Å². The number of β-amino-alcohol motifs (C(OH)–C–C–N with tert-alkyl or cyclic N) is 1. The fraction of sp³-hybridized carbons (Fsp3) is 0.429. The van der Waals surface area contributed by atoms with Gasteiger partial charge in [-0.25, -0.2) is 0 Å². The van der Waals surface area contributed by atoms with E-state index in [0.29, 0.717) is 6.54 Å². The first-order chi connectivity index (χ1) is 12.9. The van der Waals surface area contributed by atoms with Gasteiger partial charge >= 0.3 is 0 Å². The predicted octanol–water partition coefficient (Wildman–Crippen LogP) is 2.61. The maximum Gasteiger partial charge on any atom is 0.159 e. The van der Waals surface area contributed by atoms with Gasteiger partial charge in [0, 0.05) is 19.6 Å². The molecule has 2 aliphatic rings. The number of likely N-dealkylation sites (tertiary alicyclic amines) is 1. The monoisotopic (exact) mass is 369 g/mol. The van der Waals surface area contributed by atoms with Crippen molar-refractivity contribution in [2.45, 2.75) is 37.9 Å². The van der Waals surface area contributed by atoms with Crippen LogP contribution in [-0.2, 0) is 4.74 Å². The second-order valence-corrected chi connectivity index (χ2v) is 8.02. The normalized spacial score (nSPS) is 22.9. The first kappa shape index (κ1) is 18.1. The van der Waals surface area contributed by atoms with Crippen LogP contribution in [-0.4, -0.2) is 47.6 Å². The molecule has 2 heterocycles. The Morgan fingerprint density at radius 1 is 1.19 bits per heavy atom. The number of ether oxygens (including phenoxy) is 2. The molecule has 0 saturated carbocycles. The van der Waals surface area contributed by atoms with Crippen LogP contribution in [0.25, 0.3) is 0 Å². The average Bonchev–Trinajstić information content (AvgIpc) is 3.34. The van der Waals surface area contributed by atoms with Crippen LogP contribution in [0.4, 0.5) is 11.4 Å². The lowest BCUT2D eigenvalue weighted by molar-refractivity contribution is -0.0363. The van der Waals surface area contributed by atoms with Gasteiger partial charge in [-0.15, -0.1) is 0 Å². The lowest BCUT2D eigenvalue weighted by Gasteiger charge is -2.41. The van der Waals surface area contributed by atoms with E-state index < -0.39 is 5.60 Å². The first-order valence-corrected chi connectivity index (χ1v) is 9.35. The SMILES string of the molecule is CC(C)(O)CN1CC(Oc2ccc(C3OC3Nc3ccccc3N)cc2)C1. The molecule has 0 aliphatic carbocycles. The van der Waals surface area contributed by atoms with Crippen molar-refractivity contribution < 1.29 is 14.6 Å². The fourth-order valence-electron chi connectivity index (χ4n) is 3.46. The third kappa shape index (κ3) is 4.53. The number of nitrogens with zero attached hydrogens (tertiary/aromatic N) is 1. The summed E-state index contributed by atoms with van der Waals surface area (Å²) in [6, 6.07) is 15.8. The van der Waals surface area contributed by atoms with E-state index in [1.165, 1.54) is 0 Å². The number of hydrogen-bond acceptors (Lipinski definition) is 6. The summed E-state index contributed by atoms with van der Waals surface area (Å²) in [7, 11) is 0. The molecule has 0 bridgehead atoms. The molecule has 0 spiro atoms. The minimum Gasteiger partial charge on any atom is -0.488 e. The molecule has 4 rings (SSSR count). The quantitative estimate of drug-likeness (QED) is 0.514. The summed E-state index contributed by atoms with van der Waals surface area (Å²) in [6.45, 7) is 6.03. The number of benzene rings is 2. The largest absolute Gasteiger partial charge is 0.488 e. The maximum atomic E-state index is 9.84. The molecular weight excluding hydrogens is 342 g/mol. The highest BCUT2D eigenvalue weighted by Crippen LogP contribution is 2.40. The summed E-state index contributed by atoms with van der Waals surface area (Å²) in [5.41, 5.74) is 8.02. The van der Waals surface area contributed by atoms with E-state index in [1.54, 1.807) is 0 Å². The molecule has 0 radical (unpaired) electrons. The van der Waals surface area contributed by atoms with Gasteiger partial charge in [0.15, 0.2) is 6.23 Å². The zero-order valence-electron chi connectivity index (χ0n) is 15.8. The zero-order valence-corrected chi connectivity index (χ0v) is 15.8. The Hall–Kier alpha value is -2.28. The zero-order chi connectivity index (χ0) is 19.0. The van der Waals surface area contributed by atoms with Crippen LogP contribution < -0.4 is 15.8 Å². The standard InChI is InChI=1S/C21H27N3O3/c1-21(2,25)13-24-11-16(12-24)26-15-9-7-14(8-10-15)19-20(27-19)23-18-6-4-3-5-17(18)22/h3-10,16,19-20,23,25H,11-13,22H2,1-2H3. The number of nitrogens with one attached hydrogen (secondary N) is 1. The first-order valence-electron chi connectivity index (χ1n) is 9.35. The molecule has 2 aliphatic heterocycles. The van der Waals surface area contributed by atoms with Crippen LogP contribution in [0.5, 0.6) is 5.75 Å². The van der Waals surface area contributed by atoms with E-state index in [4.69, 9.17) is 15.2 Å². The smallest absolute Gasteiger partial charge is 0.159 e. The molecule has 2 aromatic carbocycles. The Kier molecular flexibility index (Phi) is 4.72. The molecule has 2 fully saturated rings. The number of aliphatic hydroxyl groups is 1. The van der Waals surface area contributed by atoms with E-state index in [2.05, 4.69) is 10.2 Å². The summed E-state index contributed by atoms with van der Waals surface area (Å²) >= 11 is 0. The Labute approximate surface area is 159 Å². The number of nitrogens with two attached hydrogens (primary N) is 1. The Morgan fingerprint density at radius 2 is 1.89 bits per heavy atom. The molecule has 2 aromatic rings. The second-order valence-electron chi connectivity index (χ2n) is 8.02.